The summed E-state index contributed by atoms with van der Waals surface area (Å²) in [5, 5.41) is 48.2. The van der Waals surface area contributed by atoms with Crippen molar-refractivity contribution < 1.29 is 63.1 Å². The average molecular weight is 813 g/mol. The Morgan fingerprint density at radius 1 is 0.527 bits per heavy atom. The molecule has 6 atom stereocenters. The highest BCUT2D eigenvalue weighted by Crippen LogP contribution is 2.45. The number of esters is 2. The molecule has 0 aromatic heterocycles. The molecule has 0 fully saturated rings. The minimum Gasteiger partial charge on any atom is -0.462 e. The van der Waals surface area contributed by atoms with Gasteiger partial charge in [0.1, 0.15) is 31.0 Å². The lowest BCUT2D eigenvalue weighted by Gasteiger charge is -2.28. The molecular formula is C41H81O13P. The van der Waals surface area contributed by atoms with Gasteiger partial charge in [-0.1, -0.05) is 168 Å². The Bertz CT molecular complexity index is 940. The summed E-state index contributed by atoms with van der Waals surface area (Å²) in [6, 6.07) is 0. The first kappa shape index (κ1) is 53.9. The zero-order valence-electron chi connectivity index (χ0n) is 34.5. The lowest BCUT2D eigenvalue weighted by atomic mass is 10.0. The number of ether oxygens (including phenoxy) is 2. The molecule has 0 aromatic rings. The van der Waals surface area contributed by atoms with Crippen molar-refractivity contribution in [2.45, 2.75) is 224 Å². The van der Waals surface area contributed by atoms with Crippen LogP contribution in [0.15, 0.2) is 0 Å². The summed E-state index contributed by atoms with van der Waals surface area (Å²) in [5.74, 6) is -1.08. The molecule has 0 bridgehead atoms. The van der Waals surface area contributed by atoms with Crippen LogP contribution in [0.25, 0.3) is 0 Å². The molecule has 328 valence electrons. The number of phosphoric ester groups is 1. The number of hydrogen-bond donors (Lipinski definition) is 6. The topological polar surface area (TPSA) is 210 Å². The number of carbonyl (C=O) groups excluding carboxylic acids is 2. The highest BCUT2D eigenvalue weighted by Gasteiger charge is 2.37. The molecule has 0 aliphatic heterocycles. The molecule has 0 radical (unpaired) electrons. The molecule has 0 heterocycles. The van der Waals surface area contributed by atoms with Crippen LogP contribution in [0.1, 0.15) is 194 Å². The van der Waals surface area contributed by atoms with Gasteiger partial charge in [0, 0.05) is 12.8 Å². The van der Waals surface area contributed by atoms with Crippen LogP contribution in [0.5, 0.6) is 0 Å². The van der Waals surface area contributed by atoms with E-state index in [1.165, 1.54) is 116 Å². The zero-order chi connectivity index (χ0) is 41.0. The van der Waals surface area contributed by atoms with Crippen molar-refractivity contribution in [1.29, 1.82) is 0 Å². The second kappa shape index (κ2) is 37.1. The fraction of sp³-hybridized carbons (Fsp3) is 0.951. The van der Waals surface area contributed by atoms with E-state index in [0.717, 1.165) is 38.5 Å². The Hall–Kier alpha value is -1.15. The van der Waals surface area contributed by atoms with Gasteiger partial charge in [-0.25, -0.2) is 4.57 Å². The number of hydrogen-bond acceptors (Lipinski definition) is 12. The fourth-order valence-corrected chi connectivity index (χ4v) is 7.28. The predicted molar refractivity (Wildman–Crippen MR) is 214 cm³/mol. The SMILES string of the molecule is CCCCCCCCCCCCCCCCCC(=O)OC[C@H](COP(=O)(O)O[C@H](CO)[C@@H](O)[C@H](O)[C@H](O)CO)OC(=O)CCCCCCCCCCCCC. The van der Waals surface area contributed by atoms with E-state index in [9.17, 15) is 39.5 Å². The number of unbranched alkanes of at least 4 members (excludes halogenated alkanes) is 24. The van der Waals surface area contributed by atoms with Crippen molar-refractivity contribution in [1.82, 2.24) is 0 Å². The molecule has 55 heavy (non-hydrogen) atoms. The van der Waals surface area contributed by atoms with E-state index >= 15 is 0 Å². The summed E-state index contributed by atoms with van der Waals surface area (Å²) < 4.78 is 33.3. The molecule has 0 aromatic carbocycles. The number of aliphatic hydroxyl groups excluding tert-OH is 5. The van der Waals surface area contributed by atoms with Crippen LogP contribution in [0.3, 0.4) is 0 Å². The first-order valence-corrected chi connectivity index (χ1v) is 23.3. The van der Waals surface area contributed by atoms with Crippen LogP contribution in [-0.4, -0.2) is 99.3 Å². The van der Waals surface area contributed by atoms with E-state index in [1.54, 1.807) is 0 Å². The molecule has 0 amide bonds. The lowest BCUT2D eigenvalue weighted by molar-refractivity contribution is -0.161. The summed E-state index contributed by atoms with van der Waals surface area (Å²) in [6.45, 7) is 1.35. The minimum atomic E-state index is -5.04. The van der Waals surface area contributed by atoms with Crippen molar-refractivity contribution in [2.75, 3.05) is 26.4 Å². The van der Waals surface area contributed by atoms with Crippen molar-refractivity contribution in [3.05, 3.63) is 0 Å². The number of phosphoric acid groups is 1. The van der Waals surface area contributed by atoms with Crippen molar-refractivity contribution >= 4 is 19.8 Å². The first-order chi connectivity index (χ1) is 26.5. The van der Waals surface area contributed by atoms with Gasteiger partial charge in [-0.3, -0.25) is 18.6 Å². The van der Waals surface area contributed by atoms with Gasteiger partial charge in [-0.2, -0.15) is 0 Å². The van der Waals surface area contributed by atoms with E-state index in [0.29, 0.717) is 12.8 Å². The summed E-state index contributed by atoms with van der Waals surface area (Å²) in [4.78, 5) is 35.4. The zero-order valence-corrected chi connectivity index (χ0v) is 35.4. The summed E-state index contributed by atoms with van der Waals surface area (Å²) >= 11 is 0. The summed E-state index contributed by atoms with van der Waals surface area (Å²) in [7, 11) is -5.04. The highest BCUT2D eigenvalue weighted by atomic mass is 31.2. The van der Waals surface area contributed by atoms with Crippen LogP contribution in [0, 0.1) is 0 Å². The number of aliphatic hydroxyl groups is 5. The largest absolute Gasteiger partial charge is 0.472 e. The van der Waals surface area contributed by atoms with Gasteiger partial charge in [0.05, 0.1) is 19.8 Å². The number of carbonyl (C=O) groups is 2. The van der Waals surface area contributed by atoms with Crippen LogP contribution in [0.2, 0.25) is 0 Å². The van der Waals surface area contributed by atoms with Gasteiger partial charge in [0.25, 0.3) is 0 Å². The maximum absolute atomic E-state index is 12.7. The lowest BCUT2D eigenvalue weighted by Crippen LogP contribution is -2.47. The van der Waals surface area contributed by atoms with Crippen LogP contribution >= 0.6 is 7.82 Å². The van der Waals surface area contributed by atoms with Crippen molar-refractivity contribution in [2.24, 2.45) is 0 Å². The third-order valence-corrected chi connectivity index (χ3v) is 10.9. The molecule has 0 aliphatic carbocycles. The van der Waals surface area contributed by atoms with E-state index in [1.807, 2.05) is 0 Å². The maximum atomic E-state index is 12.7. The minimum absolute atomic E-state index is 0.109. The Morgan fingerprint density at radius 3 is 1.29 bits per heavy atom. The van der Waals surface area contributed by atoms with Gasteiger partial charge in [-0.05, 0) is 12.8 Å². The van der Waals surface area contributed by atoms with Gasteiger partial charge in [0.2, 0.25) is 0 Å². The predicted octanol–water partition coefficient (Wildman–Crippen LogP) is 7.97. The molecule has 0 saturated heterocycles. The number of rotatable bonds is 41. The van der Waals surface area contributed by atoms with E-state index < -0.39 is 76.7 Å². The first-order valence-electron chi connectivity index (χ1n) is 21.8. The standard InChI is InChI=1S/C41H81O13P/c1-3-5-7-9-11-13-15-16-17-18-20-21-23-25-27-29-38(45)51-33-35(53-39(46)30-28-26-24-22-19-14-12-10-8-6-4-2)34-52-55(49,50)54-37(32-43)41(48)40(47)36(44)31-42/h35-37,40-44,47-48H,3-34H2,1-2H3,(H,49,50)/t35-,36-,37-,40-,41-/m1/s1. The summed E-state index contributed by atoms with van der Waals surface area (Å²) in [6.07, 6.45) is 21.6. The smallest absolute Gasteiger partial charge is 0.462 e. The Kier molecular flexibility index (Phi) is 36.4. The van der Waals surface area contributed by atoms with Gasteiger partial charge in [-0.15, -0.1) is 0 Å². The highest BCUT2D eigenvalue weighted by molar-refractivity contribution is 7.47. The van der Waals surface area contributed by atoms with Crippen LogP contribution < -0.4 is 0 Å². The second-order valence-electron chi connectivity index (χ2n) is 15.1. The molecule has 0 rings (SSSR count). The fourth-order valence-electron chi connectivity index (χ4n) is 6.33. The van der Waals surface area contributed by atoms with Crippen LogP contribution in [-0.2, 0) is 32.7 Å². The van der Waals surface area contributed by atoms with Crippen molar-refractivity contribution in [3.8, 4) is 0 Å². The normalized spacial score (nSPS) is 15.6. The van der Waals surface area contributed by atoms with E-state index in [4.69, 9.17) is 23.6 Å². The third kappa shape index (κ3) is 32.5. The second-order valence-corrected chi connectivity index (χ2v) is 16.5. The average Bonchev–Trinajstić information content (AvgIpc) is 3.17. The molecule has 0 saturated carbocycles. The van der Waals surface area contributed by atoms with E-state index in [2.05, 4.69) is 13.8 Å². The third-order valence-electron chi connectivity index (χ3n) is 9.88. The maximum Gasteiger partial charge on any atom is 0.472 e. The quantitative estimate of drug-likeness (QED) is 0.0197. The van der Waals surface area contributed by atoms with E-state index in [-0.39, 0.29) is 12.8 Å². The molecule has 14 heteroatoms. The van der Waals surface area contributed by atoms with Gasteiger partial charge >= 0.3 is 19.8 Å². The van der Waals surface area contributed by atoms with Crippen molar-refractivity contribution in [3.63, 3.8) is 0 Å². The monoisotopic (exact) mass is 813 g/mol. The Morgan fingerprint density at radius 2 is 0.909 bits per heavy atom. The Balaban J connectivity index is 4.70. The summed E-state index contributed by atoms with van der Waals surface area (Å²) in [5.41, 5.74) is 0. The molecule has 0 spiro atoms. The molecule has 0 aliphatic rings. The molecule has 1 unspecified atom stereocenters. The van der Waals surface area contributed by atoms with Crippen LogP contribution in [0.4, 0.5) is 0 Å². The molecule has 13 nitrogen and oxygen atoms in total. The Labute approximate surface area is 332 Å². The molecular weight excluding hydrogens is 731 g/mol. The van der Waals surface area contributed by atoms with Gasteiger partial charge in [0.15, 0.2) is 6.10 Å². The molecule has 6 N–H and O–H groups in total. The van der Waals surface area contributed by atoms with Gasteiger partial charge < -0.3 is 39.9 Å².